The van der Waals surface area contributed by atoms with Crippen molar-refractivity contribution in [3.63, 3.8) is 0 Å². The van der Waals surface area contributed by atoms with Crippen molar-refractivity contribution in [2.45, 2.75) is 13.8 Å². The van der Waals surface area contributed by atoms with E-state index in [-0.39, 0.29) is 17.2 Å². The topological polar surface area (TPSA) is 52.3 Å². The van der Waals surface area contributed by atoms with Gasteiger partial charge in [0.15, 0.2) is 11.5 Å². The van der Waals surface area contributed by atoms with Crippen molar-refractivity contribution in [1.29, 1.82) is 0 Å². The third-order valence-electron chi connectivity index (χ3n) is 1.81. The number of Topliss-reactive ketones (excluding diaryl/α,β-unsaturated/α-hetero) is 1. The zero-order valence-corrected chi connectivity index (χ0v) is 8.13. The third-order valence-corrected chi connectivity index (χ3v) is 1.81. The van der Waals surface area contributed by atoms with Crippen LogP contribution in [0.2, 0.25) is 0 Å². The first kappa shape index (κ1) is 10.5. The van der Waals surface area contributed by atoms with Crippen LogP contribution in [-0.2, 0) is 0 Å². The van der Waals surface area contributed by atoms with Gasteiger partial charge in [0.05, 0.1) is 12.2 Å². The normalized spacial score (nSPS) is 9.93. The van der Waals surface area contributed by atoms with Crippen LogP contribution in [0.5, 0.6) is 5.75 Å². The molecule has 0 unspecified atom stereocenters. The molecule has 0 aliphatic rings. The number of halogens is 1. The predicted molar refractivity (Wildman–Crippen MR) is 52.0 cm³/mol. The van der Waals surface area contributed by atoms with Gasteiger partial charge in [0.2, 0.25) is 0 Å². The molecule has 0 saturated carbocycles. The van der Waals surface area contributed by atoms with E-state index in [4.69, 9.17) is 10.5 Å². The fourth-order valence-corrected chi connectivity index (χ4v) is 1.15. The van der Waals surface area contributed by atoms with E-state index in [1.54, 1.807) is 6.92 Å². The van der Waals surface area contributed by atoms with Gasteiger partial charge < -0.3 is 10.5 Å². The van der Waals surface area contributed by atoms with Gasteiger partial charge in [-0.3, -0.25) is 4.79 Å². The molecule has 0 heterocycles. The molecular weight excluding hydrogens is 185 g/mol. The molecule has 0 amide bonds. The van der Waals surface area contributed by atoms with Crippen molar-refractivity contribution in [3.8, 4) is 5.75 Å². The van der Waals surface area contributed by atoms with Gasteiger partial charge in [-0.1, -0.05) is 0 Å². The number of nitrogens with two attached hydrogens (primary N) is 1. The monoisotopic (exact) mass is 197 g/mol. The maximum absolute atomic E-state index is 13.0. The molecule has 76 valence electrons. The molecule has 4 heteroatoms. The van der Waals surface area contributed by atoms with Crippen LogP contribution >= 0.6 is 0 Å². The average molecular weight is 197 g/mol. The number of carbonyl (C=O) groups is 1. The summed E-state index contributed by atoms with van der Waals surface area (Å²) >= 11 is 0. The highest BCUT2D eigenvalue weighted by Gasteiger charge is 2.14. The van der Waals surface area contributed by atoms with Gasteiger partial charge in [0, 0.05) is 0 Å². The summed E-state index contributed by atoms with van der Waals surface area (Å²) in [5, 5.41) is 0. The predicted octanol–water partition coefficient (Wildman–Crippen LogP) is 2.01. The Morgan fingerprint density at radius 2 is 2.21 bits per heavy atom. The number of rotatable bonds is 3. The Morgan fingerprint density at radius 3 is 2.71 bits per heavy atom. The van der Waals surface area contributed by atoms with Crippen LogP contribution in [0.3, 0.4) is 0 Å². The zero-order chi connectivity index (χ0) is 10.7. The summed E-state index contributed by atoms with van der Waals surface area (Å²) in [6.07, 6.45) is 0. The maximum atomic E-state index is 13.0. The molecule has 0 aliphatic heterocycles. The molecule has 0 bridgehead atoms. The Labute approximate surface area is 81.7 Å². The second kappa shape index (κ2) is 4.09. The van der Waals surface area contributed by atoms with Crippen molar-refractivity contribution in [3.05, 3.63) is 23.5 Å². The van der Waals surface area contributed by atoms with Crippen LogP contribution < -0.4 is 10.5 Å². The van der Waals surface area contributed by atoms with Crippen molar-refractivity contribution in [1.82, 2.24) is 0 Å². The van der Waals surface area contributed by atoms with Gasteiger partial charge in [-0.15, -0.1) is 0 Å². The quantitative estimate of drug-likeness (QED) is 0.595. The lowest BCUT2D eigenvalue weighted by molar-refractivity contribution is 0.101. The van der Waals surface area contributed by atoms with Crippen molar-refractivity contribution >= 4 is 11.5 Å². The summed E-state index contributed by atoms with van der Waals surface area (Å²) in [6, 6.07) is 2.54. The molecule has 0 aromatic heterocycles. The first-order valence-electron chi connectivity index (χ1n) is 4.29. The molecule has 0 spiro atoms. The zero-order valence-electron chi connectivity index (χ0n) is 8.13. The Bertz CT molecular complexity index is 363. The minimum Gasteiger partial charge on any atom is -0.491 e. The van der Waals surface area contributed by atoms with E-state index in [1.165, 1.54) is 13.0 Å². The van der Waals surface area contributed by atoms with Crippen molar-refractivity contribution < 1.29 is 13.9 Å². The highest BCUT2D eigenvalue weighted by atomic mass is 19.1. The van der Waals surface area contributed by atoms with E-state index >= 15 is 0 Å². The van der Waals surface area contributed by atoms with Gasteiger partial charge in [-0.25, -0.2) is 4.39 Å². The number of benzene rings is 1. The lowest BCUT2D eigenvalue weighted by Crippen LogP contribution is -2.05. The summed E-state index contributed by atoms with van der Waals surface area (Å²) in [5.74, 6) is -0.626. The average Bonchev–Trinajstić information content (AvgIpc) is 2.13. The van der Waals surface area contributed by atoms with E-state index in [1.807, 2.05) is 0 Å². The van der Waals surface area contributed by atoms with Crippen molar-refractivity contribution in [2.24, 2.45) is 0 Å². The largest absolute Gasteiger partial charge is 0.491 e. The summed E-state index contributed by atoms with van der Waals surface area (Å²) in [5.41, 5.74) is 5.65. The molecule has 1 aromatic carbocycles. The smallest absolute Gasteiger partial charge is 0.163 e. The summed E-state index contributed by atoms with van der Waals surface area (Å²) < 4.78 is 18.2. The van der Waals surface area contributed by atoms with Gasteiger partial charge >= 0.3 is 0 Å². The number of ether oxygens (including phenoxy) is 1. The van der Waals surface area contributed by atoms with Crippen LogP contribution in [0, 0.1) is 5.82 Å². The van der Waals surface area contributed by atoms with E-state index in [2.05, 4.69) is 0 Å². The molecule has 1 aromatic rings. The fraction of sp³-hybridized carbons (Fsp3) is 0.300. The van der Waals surface area contributed by atoms with Crippen LogP contribution in [0.1, 0.15) is 24.2 Å². The number of nitrogen functional groups attached to an aromatic ring is 1. The molecule has 14 heavy (non-hydrogen) atoms. The molecular formula is C10H12FNO2. The first-order valence-corrected chi connectivity index (χ1v) is 4.29. The lowest BCUT2D eigenvalue weighted by Gasteiger charge is -2.10. The standard InChI is InChI=1S/C10H12FNO2/c1-3-14-10-7(6(2)13)4-5-8(11)9(10)12/h4-5H,3,12H2,1-2H3. The molecule has 2 N–H and O–H groups in total. The first-order chi connectivity index (χ1) is 6.57. The SMILES string of the molecule is CCOc1c(C(C)=O)ccc(F)c1N. The molecule has 0 atom stereocenters. The lowest BCUT2D eigenvalue weighted by atomic mass is 10.1. The molecule has 0 aliphatic carbocycles. The van der Waals surface area contributed by atoms with Crippen LogP contribution in [0.15, 0.2) is 12.1 Å². The Balaban J connectivity index is 3.29. The van der Waals surface area contributed by atoms with E-state index in [0.29, 0.717) is 12.2 Å². The molecule has 1 rings (SSSR count). The third kappa shape index (κ3) is 1.84. The minimum atomic E-state index is -0.571. The minimum absolute atomic E-state index is 0.112. The summed E-state index contributed by atoms with van der Waals surface area (Å²) in [6.45, 7) is 3.47. The van der Waals surface area contributed by atoms with Gasteiger partial charge in [0.1, 0.15) is 11.5 Å². The van der Waals surface area contributed by atoms with Gasteiger partial charge in [-0.2, -0.15) is 0 Å². The number of carbonyl (C=O) groups excluding carboxylic acids is 1. The van der Waals surface area contributed by atoms with E-state index < -0.39 is 5.82 Å². The molecule has 0 saturated heterocycles. The van der Waals surface area contributed by atoms with E-state index in [0.717, 1.165) is 6.07 Å². The van der Waals surface area contributed by atoms with E-state index in [9.17, 15) is 9.18 Å². The van der Waals surface area contributed by atoms with Crippen LogP contribution in [0.4, 0.5) is 10.1 Å². The fourth-order valence-electron chi connectivity index (χ4n) is 1.15. The Hall–Kier alpha value is -1.58. The Morgan fingerprint density at radius 1 is 1.57 bits per heavy atom. The Kier molecular flexibility index (Phi) is 3.06. The second-order valence-corrected chi connectivity index (χ2v) is 2.83. The number of hydrogen-bond donors (Lipinski definition) is 1. The highest BCUT2D eigenvalue weighted by Crippen LogP contribution is 2.29. The summed E-state index contributed by atoms with van der Waals surface area (Å²) in [7, 11) is 0. The van der Waals surface area contributed by atoms with Gasteiger partial charge in [-0.05, 0) is 26.0 Å². The second-order valence-electron chi connectivity index (χ2n) is 2.83. The van der Waals surface area contributed by atoms with Gasteiger partial charge in [0.25, 0.3) is 0 Å². The maximum Gasteiger partial charge on any atom is 0.163 e. The van der Waals surface area contributed by atoms with Crippen LogP contribution in [-0.4, -0.2) is 12.4 Å². The number of ketones is 1. The number of anilines is 1. The number of hydrogen-bond acceptors (Lipinski definition) is 3. The molecule has 3 nitrogen and oxygen atoms in total. The van der Waals surface area contributed by atoms with Crippen molar-refractivity contribution in [2.75, 3.05) is 12.3 Å². The molecule has 0 fully saturated rings. The summed E-state index contributed by atoms with van der Waals surface area (Å²) in [4.78, 5) is 11.1. The molecule has 0 radical (unpaired) electrons. The highest BCUT2D eigenvalue weighted by molar-refractivity contribution is 5.98. The van der Waals surface area contributed by atoms with Crippen LogP contribution in [0.25, 0.3) is 0 Å².